The minimum atomic E-state index is 0.201. The van der Waals surface area contributed by atoms with Gasteiger partial charge in [0.1, 0.15) is 16.0 Å². The maximum atomic E-state index is 5.43. The molecule has 0 saturated carbocycles. The zero-order valence-electron chi connectivity index (χ0n) is 9.94. The van der Waals surface area contributed by atoms with Gasteiger partial charge in [0, 0.05) is 0 Å². The third kappa shape index (κ3) is 2.19. The van der Waals surface area contributed by atoms with Gasteiger partial charge in [-0.3, -0.25) is 0 Å². The summed E-state index contributed by atoms with van der Waals surface area (Å²) in [5.74, 6) is 2.05. The molecule has 0 radical (unpaired) electrons. The van der Waals surface area contributed by atoms with Crippen molar-refractivity contribution >= 4 is 15.9 Å². The summed E-state index contributed by atoms with van der Waals surface area (Å²) in [4.78, 5) is 4.16. The lowest BCUT2D eigenvalue weighted by molar-refractivity contribution is 0.378. The van der Waals surface area contributed by atoms with Crippen molar-refractivity contribution in [3.8, 4) is 22.9 Å². The lowest BCUT2D eigenvalue weighted by Crippen LogP contribution is -1.96. The Bertz CT molecular complexity index is 556. The van der Waals surface area contributed by atoms with Crippen LogP contribution in [0.4, 0.5) is 0 Å². The van der Waals surface area contributed by atoms with E-state index in [4.69, 9.17) is 19.7 Å². The summed E-state index contributed by atoms with van der Waals surface area (Å²) in [7, 11) is 3.15. The van der Waals surface area contributed by atoms with Crippen LogP contribution in [0.3, 0.4) is 0 Å². The molecule has 0 amide bonds. The normalized spacial score (nSPS) is 10.4. The van der Waals surface area contributed by atoms with Gasteiger partial charge in [0.15, 0.2) is 0 Å². The molecule has 2 aromatic rings. The third-order valence-electron chi connectivity index (χ3n) is 2.37. The molecule has 7 heteroatoms. The van der Waals surface area contributed by atoms with E-state index in [1.54, 1.807) is 26.4 Å². The first-order chi connectivity index (χ1) is 8.71. The fourth-order valence-electron chi connectivity index (χ4n) is 1.52. The first-order valence-electron chi connectivity index (χ1n) is 5.14. The molecular formula is C11H12BrN3O3. The van der Waals surface area contributed by atoms with Crippen molar-refractivity contribution in [1.82, 2.24) is 10.1 Å². The smallest absolute Gasteiger partial charge is 0.240 e. The van der Waals surface area contributed by atoms with Gasteiger partial charge in [-0.25, -0.2) is 0 Å². The van der Waals surface area contributed by atoms with E-state index in [2.05, 4.69) is 26.1 Å². The fourth-order valence-corrected chi connectivity index (χ4v) is 2.19. The number of ether oxygens (including phenoxy) is 2. The molecule has 1 aromatic carbocycles. The number of nitrogens with zero attached hydrogens (tertiary/aromatic N) is 2. The largest absolute Gasteiger partial charge is 0.495 e. The molecule has 0 aliphatic carbocycles. The van der Waals surface area contributed by atoms with Crippen molar-refractivity contribution < 1.29 is 14.0 Å². The summed E-state index contributed by atoms with van der Waals surface area (Å²) in [6.45, 7) is 0.201. The number of hydrogen-bond donors (Lipinski definition) is 1. The van der Waals surface area contributed by atoms with E-state index < -0.39 is 0 Å². The second kappa shape index (κ2) is 5.36. The summed E-state index contributed by atoms with van der Waals surface area (Å²) in [5.41, 5.74) is 6.13. The first-order valence-corrected chi connectivity index (χ1v) is 5.94. The molecule has 0 unspecified atom stereocenters. The Hall–Kier alpha value is -1.60. The Morgan fingerprint density at radius 1 is 1.33 bits per heavy atom. The highest BCUT2D eigenvalue weighted by Crippen LogP contribution is 2.40. The standard InChI is InChI=1S/C11H12BrN3O3/c1-16-7-4-3-6(10(17-2)9(7)12)11-14-8(5-13)18-15-11/h3-4H,5,13H2,1-2H3. The second-order valence-electron chi connectivity index (χ2n) is 3.38. The Balaban J connectivity index is 2.53. The van der Waals surface area contributed by atoms with E-state index in [1.807, 2.05) is 0 Å². The molecule has 18 heavy (non-hydrogen) atoms. The van der Waals surface area contributed by atoms with Crippen molar-refractivity contribution in [3.05, 3.63) is 22.5 Å². The number of rotatable bonds is 4. The number of hydrogen-bond acceptors (Lipinski definition) is 6. The monoisotopic (exact) mass is 313 g/mol. The highest BCUT2D eigenvalue weighted by molar-refractivity contribution is 9.10. The average Bonchev–Trinajstić information content (AvgIpc) is 2.87. The Labute approximate surface area is 112 Å². The van der Waals surface area contributed by atoms with E-state index in [1.165, 1.54) is 0 Å². The number of nitrogens with two attached hydrogens (primary N) is 1. The summed E-state index contributed by atoms with van der Waals surface area (Å²) < 4.78 is 16.2. The van der Waals surface area contributed by atoms with Crippen molar-refractivity contribution in [2.24, 2.45) is 5.73 Å². The maximum absolute atomic E-state index is 5.43. The van der Waals surface area contributed by atoms with Gasteiger partial charge in [-0.1, -0.05) is 5.16 Å². The van der Waals surface area contributed by atoms with Gasteiger partial charge in [0.25, 0.3) is 0 Å². The van der Waals surface area contributed by atoms with Crippen LogP contribution in [0.1, 0.15) is 5.89 Å². The number of benzene rings is 1. The van der Waals surface area contributed by atoms with Crippen LogP contribution in [-0.2, 0) is 6.54 Å². The van der Waals surface area contributed by atoms with Crippen LogP contribution >= 0.6 is 15.9 Å². The van der Waals surface area contributed by atoms with Crippen LogP contribution in [0.25, 0.3) is 11.4 Å². The predicted octanol–water partition coefficient (Wildman–Crippen LogP) is 1.98. The molecule has 1 aromatic heterocycles. The molecule has 0 saturated heterocycles. The van der Waals surface area contributed by atoms with Gasteiger partial charge in [-0.05, 0) is 28.1 Å². The van der Waals surface area contributed by atoms with Gasteiger partial charge in [-0.2, -0.15) is 4.98 Å². The van der Waals surface area contributed by atoms with Crippen molar-refractivity contribution in [2.45, 2.75) is 6.54 Å². The fraction of sp³-hybridized carbons (Fsp3) is 0.273. The van der Waals surface area contributed by atoms with E-state index in [9.17, 15) is 0 Å². The molecule has 96 valence electrons. The van der Waals surface area contributed by atoms with Gasteiger partial charge in [0.2, 0.25) is 11.7 Å². The van der Waals surface area contributed by atoms with E-state index in [0.717, 1.165) is 0 Å². The molecule has 0 aliphatic heterocycles. The van der Waals surface area contributed by atoms with Crippen molar-refractivity contribution in [2.75, 3.05) is 14.2 Å². The zero-order chi connectivity index (χ0) is 13.1. The van der Waals surface area contributed by atoms with Gasteiger partial charge >= 0.3 is 0 Å². The molecule has 0 spiro atoms. The van der Waals surface area contributed by atoms with Crippen LogP contribution in [0.5, 0.6) is 11.5 Å². The first kappa shape index (κ1) is 12.8. The van der Waals surface area contributed by atoms with Crippen LogP contribution in [0.15, 0.2) is 21.1 Å². The SMILES string of the molecule is COc1ccc(-c2noc(CN)n2)c(OC)c1Br. The van der Waals surface area contributed by atoms with E-state index >= 15 is 0 Å². The summed E-state index contributed by atoms with van der Waals surface area (Å²) in [6.07, 6.45) is 0. The van der Waals surface area contributed by atoms with Crippen LogP contribution in [0.2, 0.25) is 0 Å². The molecular weight excluding hydrogens is 302 g/mol. The van der Waals surface area contributed by atoms with Gasteiger partial charge in [-0.15, -0.1) is 0 Å². The Morgan fingerprint density at radius 2 is 2.11 bits per heavy atom. The number of halogens is 1. The Morgan fingerprint density at radius 3 is 2.67 bits per heavy atom. The highest BCUT2D eigenvalue weighted by Gasteiger charge is 2.18. The highest BCUT2D eigenvalue weighted by atomic mass is 79.9. The zero-order valence-corrected chi connectivity index (χ0v) is 11.5. The predicted molar refractivity (Wildman–Crippen MR) is 68.4 cm³/mol. The molecule has 0 aliphatic rings. The number of methoxy groups -OCH3 is 2. The second-order valence-corrected chi connectivity index (χ2v) is 4.17. The summed E-state index contributed by atoms with van der Waals surface area (Å²) >= 11 is 3.41. The van der Waals surface area contributed by atoms with Gasteiger partial charge < -0.3 is 19.7 Å². The molecule has 0 fully saturated rings. The number of aromatic nitrogens is 2. The topological polar surface area (TPSA) is 83.4 Å². The molecule has 6 nitrogen and oxygen atoms in total. The Kier molecular flexibility index (Phi) is 3.83. The average molecular weight is 314 g/mol. The van der Waals surface area contributed by atoms with Crippen LogP contribution < -0.4 is 15.2 Å². The van der Waals surface area contributed by atoms with Crippen molar-refractivity contribution in [3.63, 3.8) is 0 Å². The quantitative estimate of drug-likeness (QED) is 0.929. The molecule has 0 bridgehead atoms. The van der Waals surface area contributed by atoms with Crippen LogP contribution in [-0.4, -0.2) is 24.4 Å². The van der Waals surface area contributed by atoms with E-state index in [-0.39, 0.29) is 6.54 Å². The molecule has 1 heterocycles. The van der Waals surface area contributed by atoms with Crippen molar-refractivity contribution in [1.29, 1.82) is 0 Å². The lowest BCUT2D eigenvalue weighted by atomic mass is 10.2. The minimum Gasteiger partial charge on any atom is -0.495 e. The molecule has 0 atom stereocenters. The maximum Gasteiger partial charge on any atom is 0.240 e. The summed E-state index contributed by atoms with van der Waals surface area (Å²) in [5, 5.41) is 3.85. The molecule has 2 rings (SSSR count). The van der Waals surface area contributed by atoms with Crippen LogP contribution in [0, 0.1) is 0 Å². The third-order valence-corrected chi connectivity index (χ3v) is 3.12. The lowest BCUT2D eigenvalue weighted by Gasteiger charge is -2.10. The van der Waals surface area contributed by atoms with E-state index in [0.29, 0.717) is 33.3 Å². The summed E-state index contributed by atoms with van der Waals surface area (Å²) in [6, 6.07) is 3.59. The minimum absolute atomic E-state index is 0.201. The van der Waals surface area contributed by atoms with Gasteiger partial charge in [0.05, 0.1) is 26.3 Å². The molecule has 2 N–H and O–H groups in total.